The fraction of sp³-hybridized carbons (Fsp3) is 0.846. The van der Waals surface area contributed by atoms with Crippen LogP contribution in [0.4, 0.5) is 0 Å². The van der Waals surface area contributed by atoms with E-state index in [1.807, 2.05) is 20.8 Å². The van der Waals surface area contributed by atoms with Crippen molar-refractivity contribution in [3.8, 4) is 0 Å². The first kappa shape index (κ1) is 20.5. The molecule has 0 aliphatic heterocycles. The third-order valence-electron chi connectivity index (χ3n) is 3.09. The number of carbonyl (C=O) groups is 2. The second-order valence-electron chi connectivity index (χ2n) is 4.89. The summed E-state index contributed by atoms with van der Waals surface area (Å²) in [6.07, 6.45) is 1.46. The molecular weight excluding hydrogens is 266 g/mol. The minimum atomic E-state index is -0.882. The number of hydrogen-bond acceptors (Lipinski definition) is 3. The zero-order chi connectivity index (χ0) is 14.3. The topological polar surface area (TPSA) is 66.6 Å². The monoisotopic (exact) mass is 293 g/mol. The smallest absolute Gasteiger partial charge is 0.242 e. The first-order valence-electron chi connectivity index (χ1n) is 6.62. The lowest BCUT2D eigenvalue weighted by molar-refractivity contribution is -0.142. The van der Waals surface area contributed by atoms with Crippen LogP contribution >= 0.6 is 12.4 Å². The van der Waals surface area contributed by atoms with Crippen molar-refractivity contribution in [2.24, 2.45) is 5.73 Å². The molecule has 0 aliphatic carbocycles. The zero-order valence-electron chi connectivity index (χ0n) is 12.7. The van der Waals surface area contributed by atoms with Crippen molar-refractivity contribution in [3.05, 3.63) is 0 Å². The van der Waals surface area contributed by atoms with Gasteiger partial charge in [0.1, 0.15) is 0 Å². The Morgan fingerprint density at radius 1 is 1.16 bits per heavy atom. The van der Waals surface area contributed by atoms with Crippen molar-refractivity contribution in [2.75, 3.05) is 26.7 Å². The molecule has 0 rings (SSSR count). The molecule has 0 aromatic carbocycles. The van der Waals surface area contributed by atoms with Crippen LogP contribution in [0.5, 0.6) is 0 Å². The SMILES string of the molecule is CCCC(C)(N)C(=O)N(C)CC(=O)N(CC)CC.Cl. The fourth-order valence-electron chi connectivity index (χ4n) is 2.01. The molecule has 2 N–H and O–H groups in total. The molecular formula is C13H28ClN3O2. The molecule has 0 saturated carbocycles. The zero-order valence-corrected chi connectivity index (χ0v) is 13.5. The highest BCUT2D eigenvalue weighted by Crippen LogP contribution is 2.11. The van der Waals surface area contributed by atoms with Crippen LogP contribution in [0, 0.1) is 0 Å². The number of nitrogens with zero attached hydrogens (tertiary/aromatic N) is 2. The van der Waals surface area contributed by atoms with E-state index in [9.17, 15) is 9.59 Å². The van der Waals surface area contributed by atoms with E-state index in [0.717, 1.165) is 6.42 Å². The third kappa shape index (κ3) is 6.25. The van der Waals surface area contributed by atoms with E-state index in [1.165, 1.54) is 4.90 Å². The summed E-state index contributed by atoms with van der Waals surface area (Å²) in [4.78, 5) is 27.1. The molecule has 0 fully saturated rings. The van der Waals surface area contributed by atoms with Gasteiger partial charge in [-0.05, 0) is 27.2 Å². The average molecular weight is 294 g/mol. The number of rotatable bonds is 7. The predicted octanol–water partition coefficient (Wildman–Crippen LogP) is 1.25. The van der Waals surface area contributed by atoms with Crippen molar-refractivity contribution in [2.45, 2.75) is 46.1 Å². The largest absolute Gasteiger partial charge is 0.342 e. The van der Waals surface area contributed by atoms with E-state index in [-0.39, 0.29) is 30.8 Å². The second-order valence-corrected chi connectivity index (χ2v) is 4.89. The molecule has 6 heteroatoms. The molecule has 2 amide bonds. The summed E-state index contributed by atoms with van der Waals surface area (Å²) in [6, 6.07) is 0. The summed E-state index contributed by atoms with van der Waals surface area (Å²) < 4.78 is 0. The minimum absolute atomic E-state index is 0. The molecule has 0 aliphatic rings. The van der Waals surface area contributed by atoms with Crippen LogP contribution in [-0.4, -0.2) is 53.8 Å². The summed E-state index contributed by atoms with van der Waals surface area (Å²) >= 11 is 0. The van der Waals surface area contributed by atoms with Crippen LogP contribution in [-0.2, 0) is 9.59 Å². The van der Waals surface area contributed by atoms with Gasteiger partial charge >= 0.3 is 0 Å². The Bertz CT molecular complexity index is 292. The van der Waals surface area contributed by atoms with E-state index < -0.39 is 5.54 Å². The number of likely N-dealkylation sites (N-methyl/N-ethyl adjacent to an activating group) is 2. The van der Waals surface area contributed by atoms with Gasteiger partial charge in [0.15, 0.2) is 0 Å². The number of halogens is 1. The van der Waals surface area contributed by atoms with E-state index in [4.69, 9.17) is 5.73 Å². The lowest BCUT2D eigenvalue weighted by Crippen LogP contribution is -2.54. The van der Waals surface area contributed by atoms with Crippen molar-refractivity contribution >= 4 is 24.2 Å². The minimum Gasteiger partial charge on any atom is -0.342 e. The van der Waals surface area contributed by atoms with Gasteiger partial charge in [0.2, 0.25) is 11.8 Å². The van der Waals surface area contributed by atoms with E-state index in [0.29, 0.717) is 19.5 Å². The summed E-state index contributed by atoms with van der Waals surface area (Å²) in [5.41, 5.74) is 5.09. The van der Waals surface area contributed by atoms with Crippen LogP contribution in [0.25, 0.3) is 0 Å². The molecule has 0 aromatic rings. The molecule has 0 radical (unpaired) electrons. The maximum absolute atomic E-state index is 12.1. The molecule has 19 heavy (non-hydrogen) atoms. The summed E-state index contributed by atoms with van der Waals surface area (Å²) in [6.45, 7) is 8.97. The maximum Gasteiger partial charge on any atom is 0.242 e. The number of carbonyl (C=O) groups excluding carboxylic acids is 2. The normalized spacial score (nSPS) is 13.2. The van der Waals surface area contributed by atoms with Gasteiger partial charge in [-0.1, -0.05) is 13.3 Å². The van der Waals surface area contributed by atoms with Crippen LogP contribution < -0.4 is 5.73 Å². The Labute approximate surface area is 122 Å². The lowest BCUT2D eigenvalue weighted by Gasteiger charge is -2.30. The van der Waals surface area contributed by atoms with Gasteiger partial charge in [-0.25, -0.2) is 0 Å². The van der Waals surface area contributed by atoms with Gasteiger partial charge in [0.25, 0.3) is 0 Å². The highest BCUT2D eigenvalue weighted by Gasteiger charge is 2.31. The van der Waals surface area contributed by atoms with Crippen molar-refractivity contribution in [3.63, 3.8) is 0 Å². The van der Waals surface area contributed by atoms with Crippen molar-refractivity contribution in [1.82, 2.24) is 9.80 Å². The number of amides is 2. The first-order valence-corrected chi connectivity index (χ1v) is 6.62. The van der Waals surface area contributed by atoms with E-state index in [2.05, 4.69) is 0 Å². The van der Waals surface area contributed by atoms with Crippen LogP contribution in [0.3, 0.4) is 0 Å². The Morgan fingerprint density at radius 2 is 1.63 bits per heavy atom. The van der Waals surface area contributed by atoms with Gasteiger partial charge in [-0.3, -0.25) is 9.59 Å². The molecule has 0 spiro atoms. The molecule has 5 nitrogen and oxygen atoms in total. The molecule has 1 atom stereocenters. The van der Waals surface area contributed by atoms with Crippen LogP contribution in [0.15, 0.2) is 0 Å². The average Bonchev–Trinajstić information content (AvgIpc) is 2.29. The number of nitrogens with two attached hydrogens (primary N) is 1. The van der Waals surface area contributed by atoms with Gasteiger partial charge in [-0.15, -0.1) is 12.4 Å². The van der Waals surface area contributed by atoms with Crippen molar-refractivity contribution < 1.29 is 9.59 Å². The second kappa shape index (κ2) is 9.15. The van der Waals surface area contributed by atoms with Gasteiger partial charge in [-0.2, -0.15) is 0 Å². The molecule has 0 bridgehead atoms. The third-order valence-corrected chi connectivity index (χ3v) is 3.09. The Balaban J connectivity index is 0. The van der Waals surface area contributed by atoms with Gasteiger partial charge < -0.3 is 15.5 Å². The molecule has 0 saturated heterocycles. The molecule has 114 valence electrons. The first-order chi connectivity index (χ1) is 8.30. The van der Waals surface area contributed by atoms with E-state index in [1.54, 1.807) is 18.9 Å². The van der Waals surface area contributed by atoms with Gasteiger partial charge in [0.05, 0.1) is 12.1 Å². The van der Waals surface area contributed by atoms with Crippen LogP contribution in [0.1, 0.15) is 40.5 Å². The summed E-state index contributed by atoms with van der Waals surface area (Å²) in [7, 11) is 1.63. The lowest BCUT2D eigenvalue weighted by atomic mass is 9.96. The Morgan fingerprint density at radius 3 is 2.00 bits per heavy atom. The van der Waals surface area contributed by atoms with Crippen LogP contribution in [0.2, 0.25) is 0 Å². The Kier molecular flexibility index (Phi) is 9.88. The van der Waals surface area contributed by atoms with E-state index >= 15 is 0 Å². The predicted molar refractivity (Wildman–Crippen MR) is 80.3 cm³/mol. The standard InChI is InChI=1S/C13H27N3O2.ClH/c1-6-9-13(4,14)12(18)15(5)10-11(17)16(7-2)8-3;/h6-10,14H2,1-5H3;1H. The highest BCUT2D eigenvalue weighted by atomic mass is 35.5. The highest BCUT2D eigenvalue weighted by molar-refractivity contribution is 5.89. The number of hydrogen-bond donors (Lipinski definition) is 1. The maximum atomic E-state index is 12.1. The molecule has 0 aromatic heterocycles. The summed E-state index contributed by atoms with van der Waals surface area (Å²) in [5.74, 6) is -0.215. The van der Waals surface area contributed by atoms with Crippen molar-refractivity contribution in [1.29, 1.82) is 0 Å². The fourth-order valence-corrected chi connectivity index (χ4v) is 2.01. The van der Waals surface area contributed by atoms with Gasteiger partial charge in [0, 0.05) is 20.1 Å². The molecule has 0 heterocycles. The quantitative estimate of drug-likeness (QED) is 0.768. The molecule has 1 unspecified atom stereocenters. The summed E-state index contributed by atoms with van der Waals surface area (Å²) in [5, 5.41) is 0. The Hall–Kier alpha value is -0.810.